The highest BCUT2D eigenvalue weighted by molar-refractivity contribution is 6.36. The summed E-state index contributed by atoms with van der Waals surface area (Å²) in [6, 6.07) is 4.99. The lowest BCUT2D eigenvalue weighted by Gasteiger charge is -2.15. The first kappa shape index (κ1) is 15.0. The molecule has 0 bridgehead atoms. The molecule has 0 spiro atoms. The highest BCUT2D eigenvalue weighted by Crippen LogP contribution is 2.29. The number of hydrogen-bond donors (Lipinski definition) is 2. The summed E-state index contributed by atoms with van der Waals surface area (Å²) < 4.78 is 0. The van der Waals surface area contributed by atoms with E-state index < -0.39 is 6.10 Å². The first-order chi connectivity index (χ1) is 8.47. The average Bonchev–Trinajstić information content (AvgIpc) is 2.34. The van der Waals surface area contributed by atoms with Crippen LogP contribution in [0.25, 0.3) is 0 Å². The minimum absolute atomic E-state index is 0.0630. The Hall–Kier alpha value is -1.03. The molecule has 0 heterocycles. The molecule has 0 fully saturated rings. The second-order valence-electron chi connectivity index (χ2n) is 3.83. The Bertz CT molecular complexity index is 452. The number of nitrogens with one attached hydrogen (secondary N) is 1. The van der Waals surface area contributed by atoms with Gasteiger partial charge in [-0.3, -0.25) is 4.79 Å². The van der Waals surface area contributed by atoms with Gasteiger partial charge in [-0.1, -0.05) is 35.3 Å². The lowest BCUT2D eigenvalue weighted by atomic mass is 10.1. The fourth-order valence-electron chi connectivity index (χ4n) is 1.39. The second-order valence-corrected chi connectivity index (χ2v) is 4.65. The number of aliphatic hydroxyl groups excluding tert-OH is 1. The predicted octanol–water partition coefficient (Wildman–Crippen LogP) is 3.11. The lowest BCUT2D eigenvalue weighted by Crippen LogP contribution is -2.29. The zero-order chi connectivity index (χ0) is 13.7. The molecule has 0 saturated heterocycles. The largest absolute Gasteiger partial charge is 0.386 e. The fourth-order valence-corrected chi connectivity index (χ4v) is 2.04. The summed E-state index contributed by atoms with van der Waals surface area (Å²) in [6.07, 6.45) is 0.768. The first-order valence-electron chi connectivity index (χ1n) is 5.50. The van der Waals surface area contributed by atoms with Gasteiger partial charge < -0.3 is 10.4 Å². The van der Waals surface area contributed by atoms with E-state index in [1.54, 1.807) is 38.1 Å². The summed E-state index contributed by atoms with van der Waals surface area (Å²) in [5.74, 6) is -0.222. The number of halogens is 2. The molecule has 1 aromatic rings. The van der Waals surface area contributed by atoms with Crippen molar-refractivity contribution in [1.82, 2.24) is 5.32 Å². The molecule has 1 aromatic carbocycles. The zero-order valence-electron chi connectivity index (χ0n) is 10.2. The molecule has 0 aliphatic carbocycles. The van der Waals surface area contributed by atoms with Crippen LogP contribution in [0, 0.1) is 0 Å². The Kier molecular flexibility index (Phi) is 5.66. The van der Waals surface area contributed by atoms with Gasteiger partial charge in [0.25, 0.3) is 0 Å². The SMILES string of the molecule is C/C=C(/C)C(=O)NCC(O)c1c(Cl)cccc1Cl. The molecule has 1 unspecified atom stereocenters. The minimum atomic E-state index is -0.931. The van der Waals surface area contributed by atoms with E-state index in [0.29, 0.717) is 21.2 Å². The minimum Gasteiger partial charge on any atom is -0.386 e. The van der Waals surface area contributed by atoms with E-state index in [2.05, 4.69) is 5.32 Å². The van der Waals surface area contributed by atoms with Crippen molar-refractivity contribution in [2.45, 2.75) is 20.0 Å². The van der Waals surface area contributed by atoms with Crippen molar-refractivity contribution < 1.29 is 9.90 Å². The van der Waals surface area contributed by atoms with Gasteiger partial charge in [0.15, 0.2) is 0 Å². The van der Waals surface area contributed by atoms with E-state index in [0.717, 1.165) is 0 Å². The van der Waals surface area contributed by atoms with E-state index in [9.17, 15) is 9.90 Å². The van der Waals surface area contributed by atoms with Gasteiger partial charge in [0, 0.05) is 27.7 Å². The third kappa shape index (κ3) is 3.73. The summed E-state index contributed by atoms with van der Waals surface area (Å²) >= 11 is 11.9. The van der Waals surface area contributed by atoms with Gasteiger partial charge in [-0.25, -0.2) is 0 Å². The molecular weight excluding hydrogens is 273 g/mol. The van der Waals surface area contributed by atoms with Crippen LogP contribution in [0.4, 0.5) is 0 Å². The molecular formula is C13H15Cl2NO2. The molecule has 0 aromatic heterocycles. The van der Waals surface area contributed by atoms with Crippen molar-refractivity contribution in [2.75, 3.05) is 6.54 Å². The number of benzene rings is 1. The molecule has 0 radical (unpaired) electrons. The number of rotatable bonds is 4. The number of amides is 1. The molecule has 0 aliphatic heterocycles. The van der Waals surface area contributed by atoms with Crippen LogP contribution in [0.1, 0.15) is 25.5 Å². The Morgan fingerprint density at radius 3 is 2.50 bits per heavy atom. The third-order valence-corrected chi connectivity index (χ3v) is 3.24. The zero-order valence-corrected chi connectivity index (χ0v) is 11.7. The van der Waals surface area contributed by atoms with Crippen LogP contribution >= 0.6 is 23.2 Å². The van der Waals surface area contributed by atoms with Crippen molar-refractivity contribution in [1.29, 1.82) is 0 Å². The summed E-state index contributed by atoms with van der Waals surface area (Å²) in [5, 5.41) is 13.4. The Labute approximate surface area is 116 Å². The standard InChI is InChI=1S/C13H15Cl2NO2/c1-3-8(2)13(18)16-7-11(17)12-9(14)5-4-6-10(12)15/h3-6,11,17H,7H2,1-2H3,(H,16,18)/b8-3-. The van der Waals surface area contributed by atoms with Gasteiger partial charge in [-0.15, -0.1) is 0 Å². The molecule has 1 atom stereocenters. The average molecular weight is 288 g/mol. The molecule has 0 saturated carbocycles. The van der Waals surface area contributed by atoms with Crippen molar-refractivity contribution >= 4 is 29.1 Å². The molecule has 5 heteroatoms. The summed E-state index contributed by atoms with van der Waals surface area (Å²) in [4.78, 5) is 11.5. The smallest absolute Gasteiger partial charge is 0.246 e. The predicted molar refractivity (Wildman–Crippen MR) is 73.9 cm³/mol. The van der Waals surface area contributed by atoms with Gasteiger partial charge in [0.1, 0.15) is 0 Å². The molecule has 3 nitrogen and oxygen atoms in total. The van der Waals surface area contributed by atoms with Crippen molar-refractivity contribution in [3.63, 3.8) is 0 Å². The van der Waals surface area contributed by atoms with Crippen molar-refractivity contribution in [3.05, 3.63) is 45.5 Å². The number of carbonyl (C=O) groups is 1. The second kappa shape index (κ2) is 6.78. The van der Waals surface area contributed by atoms with Crippen LogP contribution in [-0.2, 0) is 4.79 Å². The van der Waals surface area contributed by atoms with Gasteiger partial charge in [0.2, 0.25) is 5.91 Å². The van der Waals surface area contributed by atoms with E-state index >= 15 is 0 Å². The van der Waals surface area contributed by atoms with Crippen LogP contribution in [0.2, 0.25) is 10.0 Å². The highest BCUT2D eigenvalue weighted by atomic mass is 35.5. The summed E-state index contributed by atoms with van der Waals surface area (Å²) in [5.41, 5.74) is 1.02. The van der Waals surface area contributed by atoms with Crippen LogP contribution in [-0.4, -0.2) is 17.6 Å². The number of aliphatic hydroxyl groups is 1. The van der Waals surface area contributed by atoms with E-state index in [1.165, 1.54) is 0 Å². The normalized spacial score (nSPS) is 13.3. The number of carbonyl (C=O) groups excluding carboxylic acids is 1. The molecule has 1 rings (SSSR count). The maximum atomic E-state index is 11.5. The third-order valence-electron chi connectivity index (χ3n) is 2.58. The molecule has 98 valence electrons. The maximum Gasteiger partial charge on any atom is 0.246 e. The maximum absolute atomic E-state index is 11.5. The molecule has 2 N–H and O–H groups in total. The summed E-state index contributed by atoms with van der Waals surface area (Å²) in [7, 11) is 0. The summed E-state index contributed by atoms with van der Waals surface area (Å²) in [6.45, 7) is 3.54. The number of hydrogen-bond acceptors (Lipinski definition) is 2. The van der Waals surface area contributed by atoms with E-state index in [1.807, 2.05) is 0 Å². The van der Waals surface area contributed by atoms with Crippen LogP contribution in [0.15, 0.2) is 29.8 Å². The van der Waals surface area contributed by atoms with E-state index in [4.69, 9.17) is 23.2 Å². The van der Waals surface area contributed by atoms with Crippen LogP contribution in [0.5, 0.6) is 0 Å². The topological polar surface area (TPSA) is 49.3 Å². The van der Waals surface area contributed by atoms with Gasteiger partial charge in [0.05, 0.1) is 6.10 Å². The van der Waals surface area contributed by atoms with Crippen molar-refractivity contribution in [3.8, 4) is 0 Å². The lowest BCUT2D eigenvalue weighted by molar-refractivity contribution is -0.117. The molecule has 0 aliphatic rings. The van der Waals surface area contributed by atoms with Crippen LogP contribution in [0.3, 0.4) is 0 Å². The Morgan fingerprint density at radius 1 is 1.44 bits per heavy atom. The van der Waals surface area contributed by atoms with Gasteiger partial charge in [-0.05, 0) is 26.0 Å². The quantitative estimate of drug-likeness (QED) is 0.836. The van der Waals surface area contributed by atoms with Gasteiger partial charge in [-0.2, -0.15) is 0 Å². The van der Waals surface area contributed by atoms with Gasteiger partial charge >= 0.3 is 0 Å². The Balaban J connectivity index is 2.72. The Morgan fingerprint density at radius 2 is 2.00 bits per heavy atom. The molecule has 18 heavy (non-hydrogen) atoms. The van der Waals surface area contributed by atoms with Crippen molar-refractivity contribution in [2.24, 2.45) is 0 Å². The molecule has 1 amide bonds. The monoisotopic (exact) mass is 287 g/mol. The van der Waals surface area contributed by atoms with Crippen LogP contribution < -0.4 is 5.32 Å². The number of allylic oxidation sites excluding steroid dienone is 1. The highest BCUT2D eigenvalue weighted by Gasteiger charge is 2.16. The fraction of sp³-hybridized carbons (Fsp3) is 0.308. The van der Waals surface area contributed by atoms with E-state index in [-0.39, 0.29) is 12.5 Å². The first-order valence-corrected chi connectivity index (χ1v) is 6.26.